The number of nitrogens with zero attached hydrogens (tertiary/aromatic N) is 4. The van der Waals surface area contributed by atoms with Crippen molar-refractivity contribution in [1.82, 2.24) is 18.8 Å². The maximum atomic E-state index is 5.08. The summed E-state index contributed by atoms with van der Waals surface area (Å²) in [5.41, 5.74) is 15.5. The molecule has 0 aliphatic rings. The molecule has 4 nitrogen and oxygen atoms in total. The van der Waals surface area contributed by atoms with Crippen molar-refractivity contribution in [2.45, 2.75) is 109 Å². The zero-order chi connectivity index (χ0) is 43.9. The van der Waals surface area contributed by atoms with Gasteiger partial charge in [-0.25, -0.2) is 4.98 Å². The van der Waals surface area contributed by atoms with Gasteiger partial charge in [0.05, 0.1) is 33.2 Å². The van der Waals surface area contributed by atoms with Crippen molar-refractivity contribution in [3.05, 3.63) is 144 Å². The fourth-order valence-electron chi connectivity index (χ4n) is 9.71. The molecule has 10 rings (SSSR count). The molecule has 0 N–H and O–H groups in total. The maximum absolute atomic E-state index is 5.08. The van der Waals surface area contributed by atoms with Crippen LogP contribution < -0.4 is 0 Å². The summed E-state index contributed by atoms with van der Waals surface area (Å²) in [6.45, 7) is 27.6. The fourth-order valence-corrected chi connectivity index (χ4v) is 9.71. The first-order valence-electron chi connectivity index (χ1n) is 22.6. The molecule has 63 heavy (non-hydrogen) atoms. The van der Waals surface area contributed by atoms with Crippen molar-refractivity contribution in [3.8, 4) is 0 Å². The van der Waals surface area contributed by atoms with Crippen molar-refractivity contribution < 1.29 is 20.1 Å². The fraction of sp³-hybridized carbons (Fsp3) is 0.345. The van der Waals surface area contributed by atoms with E-state index in [1.54, 1.807) is 0 Å². The van der Waals surface area contributed by atoms with Gasteiger partial charge in [-0.2, -0.15) is 0 Å². The first kappa shape index (κ1) is 44.5. The number of pyridine rings is 2. The van der Waals surface area contributed by atoms with Crippen molar-refractivity contribution in [2.24, 2.45) is 21.7 Å². The van der Waals surface area contributed by atoms with Gasteiger partial charge in [-0.15, -0.1) is 29.7 Å². The molecule has 10 aromatic rings. The molecule has 0 aliphatic heterocycles. The van der Waals surface area contributed by atoms with E-state index in [0.29, 0.717) is 0 Å². The van der Waals surface area contributed by atoms with Gasteiger partial charge in [0.15, 0.2) is 0 Å². The van der Waals surface area contributed by atoms with Crippen LogP contribution in [0.5, 0.6) is 0 Å². The van der Waals surface area contributed by atoms with E-state index in [1.165, 1.54) is 71.3 Å². The molecular weight excluding hydrogens is 945 g/mol. The van der Waals surface area contributed by atoms with Crippen LogP contribution in [0.3, 0.4) is 0 Å². The number of rotatable bonds is 4. The predicted molar refractivity (Wildman–Crippen MR) is 267 cm³/mol. The third-order valence-corrected chi connectivity index (χ3v) is 11.8. The monoisotopic (exact) mass is 1010 g/mol. The molecule has 0 unspecified atom stereocenters. The Balaban J connectivity index is 0.000000170. The molecular formula is C58H63IrN4-. The normalized spacial score (nSPS) is 12.9. The average molecular weight is 1010 g/mol. The van der Waals surface area contributed by atoms with Gasteiger partial charge < -0.3 is 4.40 Å². The van der Waals surface area contributed by atoms with Crippen molar-refractivity contribution in [3.63, 3.8) is 0 Å². The molecule has 4 aromatic heterocycles. The second kappa shape index (κ2) is 16.2. The number of imidazole rings is 2. The van der Waals surface area contributed by atoms with Crippen LogP contribution in [0, 0.1) is 27.7 Å². The summed E-state index contributed by atoms with van der Waals surface area (Å²) in [6.07, 6.45) is 4.22. The van der Waals surface area contributed by atoms with Gasteiger partial charge in [0, 0.05) is 36.4 Å². The smallest absolute Gasteiger partial charge is 0.146 e. The standard InChI is InChI=1S/C29H32N2.C29H31N2.Ir/c2*1-28(2,3)17-19-12-14-25-23(15-19)21-9-7-8-10-22(21)27-30-24-13-11-20(18-29(4,5)6)16-26(24)31(25)27;/h7-16H,17-18H2,1-6H3;7-9,11-16H,17-18H2,1-6H3;/q;-1;. The number of aromatic nitrogens is 4. The van der Waals surface area contributed by atoms with Crippen LogP contribution in [0.2, 0.25) is 0 Å². The molecule has 0 fully saturated rings. The first-order valence-corrected chi connectivity index (χ1v) is 22.6. The van der Waals surface area contributed by atoms with Crippen LogP contribution in [-0.4, -0.2) is 18.8 Å². The Labute approximate surface area is 387 Å². The van der Waals surface area contributed by atoms with E-state index in [4.69, 9.17) is 9.97 Å². The molecule has 0 amide bonds. The van der Waals surface area contributed by atoms with Gasteiger partial charge in [0.25, 0.3) is 0 Å². The van der Waals surface area contributed by atoms with Crippen LogP contribution >= 0.6 is 0 Å². The van der Waals surface area contributed by atoms with Gasteiger partial charge in [-0.05, 0) is 123 Å². The topological polar surface area (TPSA) is 34.6 Å². The molecule has 0 aliphatic carbocycles. The molecule has 0 spiro atoms. The van der Waals surface area contributed by atoms with Gasteiger partial charge in [-0.3, -0.25) is 9.38 Å². The van der Waals surface area contributed by atoms with E-state index >= 15 is 0 Å². The summed E-state index contributed by atoms with van der Waals surface area (Å²) in [4.78, 5) is 10.1. The second-order valence-electron chi connectivity index (χ2n) is 22.8. The Morgan fingerprint density at radius 3 is 1.29 bits per heavy atom. The second-order valence-corrected chi connectivity index (χ2v) is 22.8. The zero-order valence-electron chi connectivity index (χ0n) is 39.4. The zero-order valence-corrected chi connectivity index (χ0v) is 41.8. The van der Waals surface area contributed by atoms with Crippen LogP contribution in [0.4, 0.5) is 0 Å². The summed E-state index contributed by atoms with van der Waals surface area (Å²) in [5.74, 6) is 0. The number of hydrogen-bond donors (Lipinski definition) is 0. The minimum Gasteiger partial charge on any atom is -0.333 e. The Morgan fingerprint density at radius 2 is 0.794 bits per heavy atom. The molecule has 325 valence electrons. The maximum Gasteiger partial charge on any atom is 0.146 e. The van der Waals surface area contributed by atoms with E-state index in [9.17, 15) is 0 Å². The van der Waals surface area contributed by atoms with Gasteiger partial charge in [0.2, 0.25) is 0 Å². The molecule has 1 radical (unpaired) electrons. The summed E-state index contributed by atoms with van der Waals surface area (Å²) >= 11 is 0. The molecule has 5 heteroatoms. The third-order valence-electron chi connectivity index (χ3n) is 11.8. The number of benzene rings is 6. The largest absolute Gasteiger partial charge is 0.333 e. The number of hydrogen-bond acceptors (Lipinski definition) is 2. The molecule has 0 saturated carbocycles. The van der Waals surface area contributed by atoms with Gasteiger partial charge >= 0.3 is 0 Å². The SMILES string of the molecule is CC(C)(C)Cc1ccc2c(c1)c1ccc[c-]c1c1nc3ccc(CC(C)(C)C)cc3n21.CC(C)(C)Cc1ccc2c(c1)c1ccccc1c1nc3ccc(CC(C)(C)C)cc3n21.[Ir]. The number of fused-ring (bicyclic) bond motifs is 16. The van der Waals surface area contributed by atoms with Crippen molar-refractivity contribution >= 4 is 76.7 Å². The summed E-state index contributed by atoms with van der Waals surface area (Å²) in [5, 5.41) is 7.41. The molecule has 4 heterocycles. The Morgan fingerprint density at radius 1 is 0.397 bits per heavy atom. The summed E-state index contributed by atoms with van der Waals surface area (Å²) in [7, 11) is 0. The minimum absolute atomic E-state index is 0. The average Bonchev–Trinajstić information content (AvgIpc) is 3.75. The van der Waals surface area contributed by atoms with E-state index in [1.807, 2.05) is 6.07 Å². The molecule has 6 aromatic carbocycles. The summed E-state index contributed by atoms with van der Waals surface area (Å²) in [6, 6.07) is 45.9. The molecule has 0 saturated heterocycles. The van der Waals surface area contributed by atoms with Crippen LogP contribution in [0.15, 0.2) is 115 Å². The predicted octanol–water partition coefficient (Wildman–Crippen LogP) is 15.7. The van der Waals surface area contributed by atoms with Crippen LogP contribution in [0.25, 0.3) is 76.7 Å². The minimum atomic E-state index is 0. The molecule has 0 atom stereocenters. The third kappa shape index (κ3) is 9.15. The quantitative estimate of drug-likeness (QED) is 0.130. The Kier molecular flexibility index (Phi) is 11.4. The summed E-state index contributed by atoms with van der Waals surface area (Å²) < 4.78 is 4.72. The van der Waals surface area contributed by atoms with Gasteiger partial charge in [-0.1, -0.05) is 143 Å². The van der Waals surface area contributed by atoms with E-state index in [0.717, 1.165) is 53.4 Å². The molecule has 0 bridgehead atoms. The Hall–Kier alpha value is -5.09. The van der Waals surface area contributed by atoms with E-state index in [2.05, 4.69) is 207 Å². The van der Waals surface area contributed by atoms with Gasteiger partial charge in [0.1, 0.15) is 5.65 Å². The van der Waals surface area contributed by atoms with Crippen LogP contribution in [0.1, 0.15) is 105 Å². The van der Waals surface area contributed by atoms with E-state index in [-0.39, 0.29) is 41.8 Å². The Bertz CT molecular complexity index is 3110. The van der Waals surface area contributed by atoms with E-state index < -0.39 is 0 Å². The first-order chi connectivity index (χ1) is 29.2. The van der Waals surface area contributed by atoms with Crippen molar-refractivity contribution in [1.29, 1.82) is 0 Å². The van der Waals surface area contributed by atoms with Crippen LogP contribution in [-0.2, 0) is 45.8 Å². The van der Waals surface area contributed by atoms with Crippen molar-refractivity contribution in [2.75, 3.05) is 0 Å².